The highest BCUT2D eigenvalue weighted by Crippen LogP contribution is 2.39. The van der Waals surface area contributed by atoms with E-state index >= 15 is 0 Å². The molecule has 1 aromatic rings. The minimum atomic E-state index is 0.0801. The van der Waals surface area contributed by atoms with Crippen molar-refractivity contribution in [2.24, 2.45) is 5.73 Å². The lowest BCUT2D eigenvalue weighted by atomic mass is 9.79. The minimum Gasteiger partial charge on any atom is -0.493 e. The van der Waals surface area contributed by atoms with E-state index in [9.17, 15) is 0 Å². The summed E-state index contributed by atoms with van der Waals surface area (Å²) >= 11 is 0. The quantitative estimate of drug-likeness (QED) is 0.903. The van der Waals surface area contributed by atoms with E-state index in [2.05, 4.69) is 36.9 Å². The Morgan fingerprint density at radius 2 is 1.95 bits per heavy atom. The van der Waals surface area contributed by atoms with Crippen molar-refractivity contribution in [3.05, 3.63) is 29.3 Å². The number of nitrogens with zero attached hydrogens (tertiary/aromatic N) is 1. The fourth-order valence-electron chi connectivity index (χ4n) is 4.21. The summed E-state index contributed by atoms with van der Waals surface area (Å²) in [6, 6.07) is 6.64. The summed E-state index contributed by atoms with van der Waals surface area (Å²) in [5.41, 5.74) is 9.49. The van der Waals surface area contributed by atoms with Gasteiger partial charge in [0.2, 0.25) is 0 Å². The zero-order valence-electron chi connectivity index (χ0n) is 13.4. The standard InChI is InChI=1S/C18H28N2O/c1-3-18(4-2,20-10-5-6-11-20)17(19)15-7-8-16-14(13-15)9-12-21-16/h7-8,13,17H,3-6,9-12,19H2,1-2H3. The molecule has 1 fully saturated rings. The van der Waals surface area contributed by atoms with Crippen molar-refractivity contribution < 1.29 is 4.74 Å². The molecule has 2 heterocycles. The Kier molecular flexibility index (Phi) is 4.23. The van der Waals surface area contributed by atoms with Gasteiger partial charge in [-0.3, -0.25) is 4.90 Å². The Bertz CT molecular complexity index is 490. The van der Waals surface area contributed by atoms with Gasteiger partial charge >= 0.3 is 0 Å². The molecule has 2 N–H and O–H groups in total. The fraction of sp³-hybridized carbons (Fsp3) is 0.667. The van der Waals surface area contributed by atoms with Gasteiger partial charge in [-0.1, -0.05) is 26.0 Å². The highest BCUT2D eigenvalue weighted by Gasteiger charge is 2.41. The first kappa shape index (κ1) is 14.9. The maximum absolute atomic E-state index is 6.79. The molecule has 21 heavy (non-hydrogen) atoms. The summed E-state index contributed by atoms with van der Waals surface area (Å²) in [6.07, 6.45) is 5.86. The van der Waals surface area contributed by atoms with Gasteiger partial charge in [0.05, 0.1) is 6.61 Å². The van der Waals surface area contributed by atoms with Crippen molar-refractivity contribution >= 4 is 0 Å². The molecular weight excluding hydrogens is 260 g/mol. The van der Waals surface area contributed by atoms with Gasteiger partial charge in [-0.15, -0.1) is 0 Å². The maximum atomic E-state index is 6.79. The van der Waals surface area contributed by atoms with Crippen LogP contribution >= 0.6 is 0 Å². The molecule has 2 aliphatic heterocycles. The van der Waals surface area contributed by atoms with E-state index < -0.39 is 0 Å². The molecule has 3 nitrogen and oxygen atoms in total. The Labute approximate surface area is 128 Å². The second-order valence-corrected chi connectivity index (χ2v) is 6.45. The van der Waals surface area contributed by atoms with Crippen LogP contribution in [0.4, 0.5) is 0 Å². The molecule has 0 bridgehead atoms. The molecule has 1 saturated heterocycles. The monoisotopic (exact) mass is 288 g/mol. The van der Waals surface area contributed by atoms with E-state index in [1.807, 2.05) is 0 Å². The summed E-state index contributed by atoms with van der Waals surface area (Å²) < 4.78 is 5.62. The van der Waals surface area contributed by atoms with E-state index in [4.69, 9.17) is 10.5 Å². The summed E-state index contributed by atoms with van der Waals surface area (Å²) in [4.78, 5) is 2.64. The van der Waals surface area contributed by atoms with Crippen molar-refractivity contribution in [1.82, 2.24) is 4.90 Å². The predicted molar refractivity (Wildman–Crippen MR) is 86.7 cm³/mol. The lowest BCUT2D eigenvalue weighted by Crippen LogP contribution is -2.53. The van der Waals surface area contributed by atoms with Gasteiger partial charge in [-0.25, -0.2) is 0 Å². The summed E-state index contributed by atoms with van der Waals surface area (Å²) in [7, 11) is 0. The number of fused-ring (bicyclic) bond motifs is 1. The van der Waals surface area contributed by atoms with Crippen LogP contribution in [0.2, 0.25) is 0 Å². The second kappa shape index (κ2) is 5.98. The summed E-state index contributed by atoms with van der Waals surface area (Å²) in [5, 5.41) is 0. The third-order valence-electron chi connectivity index (χ3n) is 5.61. The molecule has 116 valence electrons. The van der Waals surface area contributed by atoms with Crippen LogP contribution in [-0.4, -0.2) is 30.1 Å². The highest BCUT2D eigenvalue weighted by molar-refractivity contribution is 5.41. The normalized spacial score (nSPS) is 20.3. The number of ether oxygens (including phenoxy) is 1. The van der Waals surface area contributed by atoms with Crippen molar-refractivity contribution in [3.8, 4) is 5.75 Å². The van der Waals surface area contributed by atoms with Crippen LogP contribution in [-0.2, 0) is 6.42 Å². The second-order valence-electron chi connectivity index (χ2n) is 6.45. The molecule has 0 aromatic heterocycles. The number of hydrogen-bond acceptors (Lipinski definition) is 3. The number of rotatable bonds is 5. The summed E-state index contributed by atoms with van der Waals surface area (Å²) in [5.74, 6) is 1.05. The minimum absolute atomic E-state index is 0.0801. The van der Waals surface area contributed by atoms with E-state index in [-0.39, 0.29) is 11.6 Å². The largest absolute Gasteiger partial charge is 0.493 e. The molecule has 3 rings (SSSR count). The van der Waals surface area contributed by atoms with E-state index in [0.717, 1.165) is 31.6 Å². The molecule has 0 radical (unpaired) electrons. The van der Waals surface area contributed by atoms with Gasteiger partial charge in [0.1, 0.15) is 5.75 Å². The van der Waals surface area contributed by atoms with Crippen LogP contribution in [0.25, 0.3) is 0 Å². The van der Waals surface area contributed by atoms with Gasteiger partial charge in [0.15, 0.2) is 0 Å². The van der Waals surface area contributed by atoms with Crippen molar-refractivity contribution in [2.45, 2.75) is 57.5 Å². The first-order valence-electron chi connectivity index (χ1n) is 8.47. The van der Waals surface area contributed by atoms with Gasteiger partial charge < -0.3 is 10.5 Å². The number of hydrogen-bond donors (Lipinski definition) is 1. The Hall–Kier alpha value is -1.06. The molecule has 1 atom stereocenters. The fourth-order valence-corrected chi connectivity index (χ4v) is 4.21. The van der Waals surface area contributed by atoms with Gasteiger partial charge in [0.25, 0.3) is 0 Å². The number of nitrogens with two attached hydrogens (primary N) is 1. The molecule has 0 amide bonds. The number of benzene rings is 1. The topological polar surface area (TPSA) is 38.5 Å². The van der Waals surface area contributed by atoms with Gasteiger partial charge in [-0.05, 0) is 56.0 Å². The first-order valence-corrected chi connectivity index (χ1v) is 8.47. The Balaban J connectivity index is 1.91. The average Bonchev–Trinajstić information content (AvgIpc) is 3.19. The third-order valence-corrected chi connectivity index (χ3v) is 5.61. The van der Waals surface area contributed by atoms with E-state index in [1.54, 1.807) is 0 Å². The molecule has 3 heteroatoms. The molecule has 1 unspecified atom stereocenters. The van der Waals surface area contributed by atoms with Gasteiger partial charge in [-0.2, -0.15) is 0 Å². The van der Waals surface area contributed by atoms with Crippen LogP contribution in [0.1, 0.15) is 56.7 Å². The lowest BCUT2D eigenvalue weighted by molar-refractivity contribution is 0.0766. The van der Waals surface area contributed by atoms with Gasteiger partial charge in [0, 0.05) is 18.0 Å². The van der Waals surface area contributed by atoms with Crippen molar-refractivity contribution in [2.75, 3.05) is 19.7 Å². The smallest absolute Gasteiger partial charge is 0.122 e. The van der Waals surface area contributed by atoms with Crippen LogP contribution in [0.3, 0.4) is 0 Å². The number of likely N-dealkylation sites (tertiary alicyclic amines) is 1. The molecular formula is C18H28N2O. The van der Waals surface area contributed by atoms with Crippen LogP contribution in [0.15, 0.2) is 18.2 Å². The Morgan fingerprint density at radius 3 is 2.62 bits per heavy atom. The first-order chi connectivity index (χ1) is 10.2. The molecule has 0 aliphatic carbocycles. The van der Waals surface area contributed by atoms with E-state index in [0.29, 0.717) is 0 Å². The summed E-state index contributed by atoms with van der Waals surface area (Å²) in [6.45, 7) is 7.79. The molecule has 1 aromatic carbocycles. The maximum Gasteiger partial charge on any atom is 0.122 e. The zero-order chi connectivity index (χ0) is 14.9. The Morgan fingerprint density at radius 1 is 1.24 bits per heavy atom. The van der Waals surface area contributed by atoms with Crippen LogP contribution in [0.5, 0.6) is 5.75 Å². The third kappa shape index (κ3) is 2.47. The highest BCUT2D eigenvalue weighted by atomic mass is 16.5. The molecule has 2 aliphatic rings. The molecule has 0 spiro atoms. The van der Waals surface area contributed by atoms with Crippen molar-refractivity contribution in [3.63, 3.8) is 0 Å². The van der Waals surface area contributed by atoms with E-state index in [1.165, 1.54) is 37.1 Å². The predicted octanol–water partition coefficient (Wildman–Crippen LogP) is 3.28. The lowest BCUT2D eigenvalue weighted by Gasteiger charge is -2.45. The van der Waals surface area contributed by atoms with Crippen molar-refractivity contribution in [1.29, 1.82) is 0 Å². The SMILES string of the molecule is CCC(CC)(C(N)c1ccc2c(c1)CCO2)N1CCCC1. The molecule has 0 saturated carbocycles. The zero-order valence-corrected chi connectivity index (χ0v) is 13.4. The van der Waals surface area contributed by atoms with Crippen LogP contribution in [0, 0.1) is 0 Å². The van der Waals surface area contributed by atoms with Crippen LogP contribution < -0.4 is 10.5 Å². The average molecular weight is 288 g/mol.